The smallest absolute Gasteiger partial charge is 0.269 e. The van der Waals surface area contributed by atoms with Crippen LogP contribution in [0.4, 0.5) is 15.8 Å². The first-order valence-corrected chi connectivity index (χ1v) is 12.2. The van der Waals surface area contributed by atoms with Crippen molar-refractivity contribution in [3.8, 4) is 0 Å². The second-order valence-electron chi connectivity index (χ2n) is 8.38. The molecule has 10 heteroatoms. The number of piperazine rings is 1. The second-order valence-corrected chi connectivity index (χ2v) is 9.29. The summed E-state index contributed by atoms with van der Waals surface area (Å²) in [7, 11) is 0. The first-order chi connectivity index (χ1) is 16.1. The maximum Gasteiger partial charge on any atom is 0.269 e. The lowest BCUT2D eigenvalue weighted by Gasteiger charge is -2.39. The van der Waals surface area contributed by atoms with Gasteiger partial charge in [-0.3, -0.25) is 24.8 Å². The van der Waals surface area contributed by atoms with E-state index in [-0.39, 0.29) is 23.9 Å². The number of carbonyl (C=O) groups is 2. The Morgan fingerprint density at radius 3 is 2.67 bits per heavy atom. The zero-order chi connectivity index (χ0) is 22.9. The van der Waals surface area contributed by atoms with E-state index in [4.69, 9.17) is 0 Å². The summed E-state index contributed by atoms with van der Waals surface area (Å²) in [6, 6.07) is 8.43. The topological polar surface area (TPSA) is 71.5 Å². The molecule has 2 aromatic rings. The van der Waals surface area contributed by atoms with Gasteiger partial charge in [0.15, 0.2) is 0 Å². The molecular formula is C23H27FN6O2S. The molecule has 1 atom stereocenters. The highest BCUT2D eigenvalue weighted by Gasteiger charge is 2.43. The number of halogens is 1. The van der Waals surface area contributed by atoms with Crippen LogP contribution in [0.3, 0.4) is 0 Å². The van der Waals surface area contributed by atoms with E-state index in [1.807, 2.05) is 28.2 Å². The zero-order valence-corrected chi connectivity index (χ0v) is 19.4. The molecule has 0 spiro atoms. The van der Waals surface area contributed by atoms with Gasteiger partial charge in [0, 0.05) is 51.3 Å². The third kappa shape index (κ3) is 4.03. The van der Waals surface area contributed by atoms with E-state index in [9.17, 15) is 14.0 Å². The molecule has 8 nitrogen and oxygen atoms in total. The van der Waals surface area contributed by atoms with Crippen molar-refractivity contribution >= 4 is 40.4 Å². The number of thiophene rings is 1. The molecule has 0 bridgehead atoms. The van der Waals surface area contributed by atoms with Crippen LogP contribution >= 0.6 is 11.3 Å². The van der Waals surface area contributed by atoms with Gasteiger partial charge in [0.25, 0.3) is 5.91 Å². The van der Waals surface area contributed by atoms with Crippen molar-refractivity contribution in [1.29, 1.82) is 0 Å². The third-order valence-corrected chi connectivity index (χ3v) is 7.23. The van der Waals surface area contributed by atoms with Crippen LogP contribution in [0.25, 0.3) is 0 Å². The molecule has 1 unspecified atom stereocenters. The van der Waals surface area contributed by atoms with E-state index in [2.05, 4.69) is 20.3 Å². The highest BCUT2D eigenvalue weighted by molar-refractivity contribution is 7.12. The molecule has 1 N–H and O–H groups in total. The minimum absolute atomic E-state index is 0.0298. The molecule has 2 amide bonds. The van der Waals surface area contributed by atoms with Crippen LogP contribution in [0.1, 0.15) is 35.9 Å². The van der Waals surface area contributed by atoms with E-state index in [0.29, 0.717) is 32.5 Å². The summed E-state index contributed by atoms with van der Waals surface area (Å²) in [6.07, 6.45) is 1.39. The summed E-state index contributed by atoms with van der Waals surface area (Å²) in [6.45, 7) is 5.42. The molecule has 0 radical (unpaired) electrons. The standard InChI is InChI=1S/C23H27FN6O2S/c1-2-10-29-22(32)21-18(9-15-33-21)30-19(25-26-23(29)30)7-8-20(31)28-13-11-27(12-14-28)17-5-3-16(24)4-6-17/h3-6,9,15,23,26H,2,7-8,10-14H2,1H3. The minimum atomic E-state index is -0.330. The average Bonchev–Trinajstić information content (AvgIpc) is 3.48. The number of nitrogens with one attached hydrogen (secondary N) is 1. The summed E-state index contributed by atoms with van der Waals surface area (Å²) < 4.78 is 13.2. The van der Waals surface area contributed by atoms with Gasteiger partial charge in [-0.05, 0) is 42.1 Å². The first-order valence-electron chi connectivity index (χ1n) is 11.3. The Labute approximate surface area is 196 Å². The van der Waals surface area contributed by atoms with Crippen LogP contribution in [-0.4, -0.2) is 66.5 Å². The van der Waals surface area contributed by atoms with E-state index in [1.165, 1.54) is 23.5 Å². The predicted molar refractivity (Wildman–Crippen MR) is 127 cm³/mol. The van der Waals surface area contributed by atoms with E-state index < -0.39 is 0 Å². The maximum absolute atomic E-state index is 13.2. The quantitative estimate of drug-likeness (QED) is 0.703. The number of hydrogen-bond donors (Lipinski definition) is 1. The van der Waals surface area contributed by atoms with Gasteiger partial charge in [0.2, 0.25) is 12.2 Å². The third-order valence-electron chi connectivity index (χ3n) is 6.34. The Hall–Kier alpha value is -3.14. The van der Waals surface area contributed by atoms with Crippen LogP contribution in [0, 0.1) is 5.82 Å². The molecule has 33 heavy (non-hydrogen) atoms. The molecule has 0 saturated carbocycles. The molecule has 1 aromatic carbocycles. The molecule has 1 fully saturated rings. The summed E-state index contributed by atoms with van der Waals surface area (Å²) in [5.74, 6) is 0.669. The number of benzene rings is 1. The van der Waals surface area contributed by atoms with Gasteiger partial charge < -0.3 is 9.80 Å². The van der Waals surface area contributed by atoms with Crippen molar-refractivity contribution in [3.05, 3.63) is 46.4 Å². The van der Waals surface area contributed by atoms with Gasteiger partial charge in [-0.25, -0.2) is 4.39 Å². The molecule has 3 aliphatic heterocycles. The fourth-order valence-corrected chi connectivity index (χ4v) is 5.48. The molecular weight excluding hydrogens is 443 g/mol. The highest BCUT2D eigenvalue weighted by atomic mass is 32.1. The lowest BCUT2D eigenvalue weighted by atomic mass is 10.1. The van der Waals surface area contributed by atoms with Gasteiger partial charge in [-0.2, -0.15) is 5.10 Å². The van der Waals surface area contributed by atoms with Crippen molar-refractivity contribution in [2.75, 3.05) is 42.5 Å². The zero-order valence-electron chi connectivity index (χ0n) is 18.5. The van der Waals surface area contributed by atoms with Gasteiger partial charge in [0.1, 0.15) is 16.5 Å². The number of fused-ring (bicyclic) bond motifs is 3. The summed E-state index contributed by atoms with van der Waals surface area (Å²) >= 11 is 1.44. The Morgan fingerprint density at radius 1 is 1.18 bits per heavy atom. The summed E-state index contributed by atoms with van der Waals surface area (Å²) in [5.41, 5.74) is 4.94. The fraction of sp³-hybridized carbons (Fsp3) is 0.435. The highest BCUT2D eigenvalue weighted by Crippen LogP contribution is 2.37. The first kappa shape index (κ1) is 21.7. The van der Waals surface area contributed by atoms with Crippen LogP contribution in [-0.2, 0) is 4.79 Å². The van der Waals surface area contributed by atoms with Crippen LogP contribution in [0.2, 0.25) is 0 Å². The number of hydrogen-bond acceptors (Lipinski definition) is 7. The minimum Gasteiger partial charge on any atom is -0.368 e. The average molecular weight is 471 g/mol. The molecule has 174 valence electrons. The number of anilines is 2. The Balaban J connectivity index is 1.19. The Morgan fingerprint density at radius 2 is 1.94 bits per heavy atom. The number of amidine groups is 1. The van der Waals surface area contributed by atoms with Crippen LogP contribution in [0.5, 0.6) is 0 Å². The summed E-state index contributed by atoms with van der Waals surface area (Å²) in [4.78, 5) is 34.4. The number of carbonyl (C=O) groups excluding carboxylic acids is 2. The van der Waals surface area contributed by atoms with Gasteiger partial charge in [0.05, 0.1) is 5.69 Å². The maximum atomic E-state index is 13.2. The van der Waals surface area contributed by atoms with Crippen molar-refractivity contribution in [1.82, 2.24) is 15.2 Å². The second kappa shape index (κ2) is 9.01. The molecule has 4 heterocycles. The van der Waals surface area contributed by atoms with Crippen molar-refractivity contribution in [3.63, 3.8) is 0 Å². The molecule has 5 rings (SSSR count). The number of hydrazone groups is 1. The largest absolute Gasteiger partial charge is 0.368 e. The molecule has 0 aliphatic carbocycles. The number of nitrogens with zero attached hydrogens (tertiary/aromatic N) is 5. The van der Waals surface area contributed by atoms with Crippen molar-refractivity contribution < 1.29 is 14.0 Å². The van der Waals surface area contributed by atoms with Crippen LogP contribution in [0.15, 0.2) is 40.8 Å². The van der Waals surface area contributed by atoms with E-state index in [1.54, 1.807) is 12.1 Å². The van der Waals surface area contributed by atoms with Crippen LogP contribution < -0.4 is 15.2 Å². The molecule has 3 aliphatic rings. The molecule has 1 saturated heterocycles. The van der Waals surface area contributed by atoms with Crippen molar-refractivity contribution in [2.24, 2.45) is 5.10 Å². The summed E-state index contributed by atoms with van der Waals surface area (Å²) in [5, 5.41) is 6.42. The van der Waals surface area contributed by atoms with Gasteiger partial charge in [-0.1, -0.05) is 6.92 Å². The Bertz CT molecular complexity index is 1060. The van der Waals surface area contributed by atoms with Gasteiger partial charge >= 0.3 is 0 Å². The SMILES string of the molecule is CCCN1C(=O)c2sccc2N2C(CCC(=O)N3CCN(c4ccc(F)cc4)CC3)=NNC12. The lowest BCUT2D eigenvalue weighted by molar-refractivity contribution is -0.131. The van der Waals surface area contributed by atoms with Gasteiger partial charge in [-0.15, -0.1) is 11.3 Å². The fourth-order valence-electron chi connectivity index (χ4n) is 4.64. The normalized spacial score (nSPS) is 19.9. The monoisotopic (exact) mass is 470 g/mol. The number of amides is 2. The molecule has 1 aromatic heterocycles. The van der Waals surface area contributed by atoms with E-state index in [0.717, 1.165) is 41.6 Å². The number of rotatable bonds is 6. The Kier molecular flexibility index (Phi) is 5.92. The lowest BCUT2D eigenvalue weighted by Crippen LogP contribution is -2.58. The van der Waals surface area contributed by atoms with E-state index >= 15 is 0 Å². The van der Waals surface area contributed by atoms with Crippen molar-refractivity contribution in [2.45, 2.75) is 32.5 Å². The predicted octanol–water partition coefficient (Wildman–Crippen LogP) is 2.89.